The monoisotopic (exact) mass is 1150 g/mol. The zero-order chi connectivity index (χ0) is 60.9. The lowest BCUT2D eigenvalue weighted by Gasteiger charge is -2.33. The molecule has 0 aromatic heterocycles. The van der Waals surface area contributed by atoms with Gasteiger partial charge < -0.3 is 35.4 Å². The van der Waals surface area contributed by atoms with E-state index in [1.54, 1.807) is 61.7 Å². The molecule has 9 aromatic carbocycles. The number of benzene rings is 9. The van der Waals surface area contributed by atoms with Crippen LogP contribution in [0.5, 0.6) is 23.0 Å². The van der Waals surface area contributed by atoms with Crippen LogP contribution in [0.15, 0.2) is 127 Å². The predicted molar refractivity (Wildman–Crippen MR) is 332 cm³/mol. The molecule has 0 radical (unpaired) electrons. The number of hydrogen-bond donors (Lipinski definition) is 6. The number of carboxylic acids is 3. The zero-order valence-electron chi connectivity index (χ0n) is 49.2. The van der Waals surface area contributed by atoms with Gasteiger partial charge in [0.2, 0.25) is 0 Å². The number of unbranched alkanes of at least 4 members (excludes halogenated alkanes) is 4. The highest BCUT2D eigenvalue weighted by molar-refractivity contribution is 6.09. The van der Waals surface area contributed by atoms with Crippen molar-refractivity contribution >= 4 is 50.2 Å². The molecular formula is C73H72F2O10. The van der Waals surface area contributed by atoms with Gasteiger partial charge in [-0.05, 0) is 206 Å². The molecule has 0 bridgehead atoms. The molecule has 0 fully saturated rings. The highest BCUT2D eigenvalue weighted by Crippen LogP contribution is 2.60. The summed E-state index contributed by atoms with van der Waals surface area (Å²) in [7, 11) is 1.61. The summed E-state index contributed by atoms with van der Waals surface area (Å²) >= 11 is 0. The Bertz CT molecular complexity index is 4140. The number of methoxy groups -OCH3 is 1. The molecule has 12 heteroatoms. The lowest BCUT2D eigenvalue weighted by atomic mass is 9.70. The number of ether oxygens (including phenoxy) is 1. The molecule has 0 atom stereocenters. The van der Waals surface area contributed by atoms with Gasteiger partial charge >= 0.3 is 17.9 Å². The average Bonchev–Trinajstić information content (AvgIpc) is 1.61. The number of fused-ring (bicyclic) bond motifs is 15. The number of carbonyl (C=O) groups is 3. The van der Waals surface area contributed by atoms with E-state index in [2.05, 4.69) is 27.7 Å². The van der Waals surface area contributed by atoms with E-state index in [-0.39, 0.29) is 44.6 Å². The second-order valence-corrected chi connectivity index (χ2v) is 23.6. The number of aromatic carboxylic acids is 3. The van der Waals surface area contributed by atoms with Crippen molar-refractivity contribution in [3.05, 3.63) is 189 Å². The van der Waals surface area contributed by atoms with Crippen molar-refractivity contribution in [1.82, 2.24) is 0 Å². The summed E-state index contributed by atoms with van der Waals surface area (Å²) in [5, 5.41) is 64.7. The molecule has 3 aliphatic rings. The smallest absolute Gasteiger partial charge is 0.335 e. The van der Waals surface area contributed by atoms with Crippen LogP contribution in [0.25, 0.3) is 65.7 Å². The lowest BCUT2D eigenvalue weighted by molar-refractivity contribution is 0.0686. The van der Waals surface area contributed by atoms with Crippen LogP contribution in [-0.4, -0.2) is 55.7 Å². The van der Waals surface area contributed by atoms with Crippen LogP contribution in [0.3, 0.4) is 0 Å². The van der Waals surface area contributed by atoms with Crippen molar-refractivity contribution in [1.29, 1.82) is 0 Å². The van der Waals surface area contributed by atoms with E-state index in [0.717, 1.165) is 160 Å². The molecule has 6 N–H and O–H groups in total. The van der Waals surface area contributed by atoms with E-state index in [1.807, 2.05) is 62.4 Å². The minimum absolute atomic E-state index is 0.0302. The normalized spacial score (nSPS) is 14.0. The fraction of sp³-hybridized carbons (Fsp3) is 0.301. The quantitative estimate of drug-likeness (QED) is 0.0545. The number of halogens is 2. The van der Waals surface area contributed by atoms with Crippen LogP contribution in [0.4, 0.5) is 8.78 Å². The Morgan fingerprint density at radius 3 is 1.09 bits per heavy atom. The number of rotatable bonds is 16. The number of carboxylic acid groups (broad SMARTS) is 3. The van der Waals surface area contributed by atoms with Gasteiger partial charge in [-0.3, -0.25) is 0 Å². The average molecular weight is 1150 g/mol. The third-order valence-electron chi connectivity index (χ3n) is 18.3. The molecule has 0 saturated heterocycles. The molecule has 0 unspecified atom stereocenters. The molecule has 0 heterocycles. The maximum absolute atomic E-state index is 13.9. The maximum Gasteiger partial charge on any atom is 0.335 e. The van der Waals surface area contributed by atoms with E-state index < -0.39 is 29.5 Å². The highest BCUT2D eigenvalue weighted by Gasteiger charge is 2.46. The summed E-state index contributed by atoms with van der Waals surface area (Å²) in [6.07, 6.45) is 12.3. The minimum atomic E-state index is -0.988. The fourth-order valence-electron chi connectivity index (χ4n) is 14.1. The molecule has 0 saturated carbocycles. The van der Waals surface area contributed by atoms with Gasteiger partial charge in [-0.25, -0.2) is 23.2 Å². The highest BCUT2D eigenvalue weighted by atomic mass is 19.1. The SMILES string of the molecule is CC1(C)c2ccc(C(=O)O)cc2-c2c1cc(O)c1cc(F)ccc21.CCCCC1(CCCC)c2ccc(C(=O)O)cc2-c2c1cc(O)c1cc(F)ccc21.CCCCC1(CCCC)c2ccc(C(=O)O)cc2-c2c1cc(O)c1cc(OC)ccc21. The molecule has 0 amide bonds. The topological polar surface area (TPSA) is 182 Å². The van der Waals surface area contributed by atoms with Crippen LogP contribution >= 0.6 is 0 Å². The molecule has 12 rings (SSSR count). The molecule has 3 aliphatic carbocycles. The Labute approximate surface area is 494 Å². The van der Waals surface area contributed by atoms with Gasteiger partial charge in [-0.15, -0.1) is 0 Å². The van der Waals surface area contributed by atoms with Crippen molar-refractivity contribution in [3.63, 3.8) is 0 Å². The number of hydrogen-bond acceptors (Lipinski definition) is 7. The molecule has 9 aromatic rings. The van der Waals surface area contributed by atoms with Crippen molar-refractivity contribution in [2.75, 3.05) is 7.11 Å². The summed E-state index contributed by atoms with van der Waals surface area (Å²) in [5.74, 6) is -2.66. The van der Waals surface area contributed by atoms with E-state index >= 15 is 0 Å². The summed E-state index contributed by atoms with van der Waals surface area (Å²) in [6, 6.07) is 35.9. The molecule has 85 heavy (non-hydrogen) atoms. The first-order chi connectivity index (χ1) is 40.7. The molecule has 10 nitrogen and oxygen atoms in total. The summed E-state index contributed by atoms with van der Waals surface area (Å²) in [5.41, 5.74) is 11.9. The van der Waals surface area contributed by atoms with Crippen LogP contribution in [0, 0.1) is 11.6 Å². The van der Waals surface area contributed by atoms with Crippen LogP contribution < -0.4 is 4.74 Å². The Balaban J connectivity index is 0.000000143. The van der Waals surface area contributed by atoms with E-state index in [1.165, 1.54) is 29.8 Å². The lowest BCUT2D eigenvalue weighted by Crippen LogP contribution is -2.25. The van der Waals surface area contributed by atoms with Crippen molar-refractivity contribution in [2.45, 2.75) is 135 Å². The Hall–Kier alpha value is -8.77. The van der Waals surface area contributed by atoms with Gasteiger partial charge in [0.25, 0.3) is 0 Å². The predicted octanol–water partition coefficient (Wildman–Crippen LogP) is 18.6. The van der Waals surface area contributed by atoms with Gasteiger partial charge in [0.1, 0.15) is 34.6 Å². The number of aromatic hydroxyl groups is 3. The van der Waals surface area contributed by atoms with Crippen LogP contribution in [0.1, 0.15) is 183 Å². The molecular weight excluding hydrogens is 1070 g/mol. The minimum Gasteiger partial charge on any atom is -0.507 e. The first kappa shape index (κ1) is 59.4. The standard InChI is InChI=1S/C27H30O4.C26H27FO3.C20H15FO3/c1-4-6-12-27(13-7-5-2)22-11-8-17(26(29)30)14-21(22)25-19-10-9-18(31-3)15-20(19)24(28)16-23(25)27;1-3-5-11-26(12-6-4-2)21-10-7-16(25(29)30)13-20(21)24-18-9-8-17(27)14-19(18)23(28)15-22(24)26;1-20(2)15-6-3-10(19(23)24)7-14(15)18-12-5-4-11(21)8-13(12)17(22)9-16(18)20/h8-11,14-16,28H,4-7,12-13H2,1-3H3,(H,29,30);7-10,13-15,28H,3-6,11-12H2,1-2H3,(H,29,30);3-9,22H,1-2H3,(H,23,24). The largest absolute Gasteiger partial charge is 0.507 e. The summed E-state index contributed by atoms with van der Waals surface area (Å²) < 4.78 is 32.9. The third kappa shape index (κ3) is 10.2. The summed E-state index contributed by atoms with van der Waals surface area (Å²) in [6.45, 7) is 12.8. The van der Waals surface area contributed by atoms with E-state index in [4.69, 9.17) is 4.74 Å². The van der Waals surface area contributed by atoms with Gasteiger partial charge in [0.15, 0.2) is 0 Å². The number of phenolic OH excluding ortho intramolecular Hbond substituents is 3. The zero-order valence-corrected chi connectivity index (χ0v) is 49.2. The van der Waals surface area contributed by atoms with Gasteiger partial charge in [0.05, 0.1) is 23.8 Å². The van der Waals surface area contributed by atoms with Gasteiger partial charge in [-0.2, -0.15) is 0 Å². The molecule has 0 aliphatic heterocycles. The Kier molecular flexibility index (Phi) is 16.3. The molecule has 0 spiro atoms. The van der Waals surface area contributed by atoms with Crippen LogP contribution in [-0.2, 0) is 16.2 Å². The van der Waals surface area contributed by atoms with Gasteiger partial charge in [0, 0.05) is 32.4 Å². The first-order valence-electron chi connectivity index (χ1n) is 29.6. The maximum atomic E-state index is 13.9. The number of phenols is 3. The van der Waals surface area contributed by atoms with E-state index in [0.29, 0.717) is 22.1 Å². The van der Waals surface area contributed by atoms with Crippen molar-refractivity contribution in [3.8, 4) is 56.4 Å². The van der Waals surface area contributed by atoms with Crippen molar-refractivity contribution in [2.24, 2.45) is 0 Å². The van der Waals surface area contributed by atoms with E-state index in [9.17, 15) is 53.8 Å². The Morgan fingerprint density at radius 2 is 0.729 bits per heavy atom. The third-order valence-corrected chi connectivity index (χ3v) is 18.3. The molecule has 438 valence electrons. The Morgan fingerprint density at radius 1 is 0.400 bits per heavy atom. The second kappa shape index (κ2) is 23.4. The van der Waals surface area contributed by atoms with Crippen LogP contribution in [0.2, 0.25) is 0 Å². The fourth-order valence-corrected chi connectivity index (χ4v) is 14.1. The van der Waals surface area contributed by atoms with Crippen molar-refractivity contribution < 1.29 is 58.5 Å². The first-order valence-corrected chi connectivity index (χ1v) is 29.6. The van der Waals surface area contributed by atoms with Gasteiger partial charge in [-0.1, -0.05) is 123 Å². The second-order valence-electron chi connectivity index (χ2n) is 23.6. The summed E-state index contributed by atoms with van der Waals surface area (Å²) in [4.78, 5) is 34.8.